The number of rotatable bonds is 6. The zero-order valence-corrected chi connectivity index (χ0v) is 8.52. The summed E-state index contributed by atoms with van der Waals surface area (Å²) in [5.74, 6) is -1.12. The Balaban J connectivity index is 3.89. The van der Waals surface area contributed by atoms with Gasteiger partial charge in [-0.25, -0.2) is 0 Å². The van der Waals surface area contributed by atoms with Gasteiger partial charge in [-0.05, 0) is 20.4 Å². The molecule has 4 nitrogen and oxygen atoms in total. The first-order chi connectivity index (χ1) is 6.71. The highest BCUT2D eigenvalue weighted by Crippen LogP contribution is 2.15. The van der Waals surface area contributed by atoms with Crippen LogP contribution < -0.4 is 5.32 Å². The fraction of sp³-hybridized carbons (Fsp3) is 0.875. The Morgan fingerprint density at radius 2 is 2.00 bits per heavy atom. The number of carboxylic acid groups (broad SMARTS) is 1. The smallest absolute Gasteiger partial charge is 0.411 e. The Hall–Kier alpha value is -0.820. The molecule has 2 N–H and O–H groups in total. The number of nitrogens with one attached hydrogen (secondary N) is 1. The van der Waals surface area contributed by atoms with Gasteiger partial charge in [-0.3, -0.25) is 4.79 Å². The quantitative estimate of drug-likeness (QED) is 0.667. The molecule has 0 radical (unpaired) electrons. The van der Waals surface area contributed by atoms with Crippen molar-refractivity contribution in [1.29, 1.82) is 0 Å². The zero-order chi connectivity index (χ0) is 12.1. The van der Waals surface area contributed by atoms with Crippen LogP contribution in [-0.2, 0) is 9.53 Å². The van der Waals surface area contributed by atoms with E-state index < -0.39 is 24.3 Å². The Bertz CT molecular complexity index is 220. The third kappa shape index (κ3) is 5.58. The molecule has 0 aliphatic heterocycles. The molecule has 1 atom stereocenters. The first-order valence-electron chi connectivity index (χ1n) is 4.28. The number of alkyl halides is 3. The number of hydrogen-bond acceptors (Lipinski definition) is 3. The molecule has 0 spiro atoms. The minimum Gasteiger partial charge on any atom is -0.480 e. The maximum absolute atomic E-state index is 11.7. The fourth-order valence-electron chi connectivity index (χ4n) is 0.803. The summed E-state index contributed by atoms with van der Waals surface area (Å²) in [6.45, 7) is -0.234. The van der Waals surface area contributed by atoms with Crippen LogP contribution in [0.2, 0.25) is 0 Å². The van der Waals surface area contributed by atoms with Crippen LogP contribution in [0.1, 0.15) is 13.3 Å². The second kappa shape index (κ2) is 5.32. The highest BCUT2D eigenvalue weighted by Gasteiger charge is 2.32. The summed E-state index contributed by atoms with van der Waals surface area (Å²) in [4.78, 5) is 10.7. The lowest BCUT2D eigenvalue weighted by atomic mass is 9.99. The summed E-state index contributed by atoms with van der Waals surface area (Å²) in [6.07, 6.45) is -4.41. The molecule has 0 bridgehead atoms. The van der Waals surface area contributed by atoms with Gasteiger partial charge in [0, 0.05) is 6.61 Å². The first kappa shape index (κ1) is 14.2. The number of hydrogen-bond donors (Lipinski definition) is 2. The Morgan fingerprint density at radius 3 is 2.33 bits per heavy atom. The van der Waals surface area contributed by atoms with Crippen molar-refractivity contribution in [2.24, 2.45) is 0 Å². The van der Waals surface area contributed by atoms with Crippen molar-refractivity contribution in [1.82, 2.24) is 5.32 Å². The molecule has 15 heavy (non-hydrogen) atoms. The summed E-state index contributed by atoms with van der Waals surface area (Å²) in [5.41, 5.74) is -1.26. The second-order valence-corrected chi connectivity index (χ2v) is 3.31. The van der Waals surface area contributed by atoms with Gasteiger partial charge >= 0.3 is 12.1 Å². The number of carboxylic acids is 1. The Morgan fingerprint density at radius 1 is 1.47 bits per heavy atom. The van der Waals surface area contributed by atoms with Gasteiger partial charge in [0.05, 0.1) is 0 Å². The molecule has 0 aromatic carbocycles. The van der Waals surface area contributed by atoms with E-state index in [4.69, 9.17) is 5.11 Å². The van der Waals surface area contributed by atoms with E-state index in [9.17, 15) is 18.0 Å². The van der Waals surface area contributed by atoms with E-state index in [2.05, 4.69) is 10.1 Å². The minimum atomic E-state index is -4.38. The predicted octanol–water partition coefficient (Wildman–Crippen LogP) is 1.02. The standard InChI is InChI=1S/C8H14F3NO3/c1-7(12-2,6(13)14)3-4-15-5-8(9,10)11/h12H,3-5H2,1-2H3,(H,13,14). The highest BCUT2D eigenvalue weighted by molar-refractivity contribution is 5.78. The lowest BCUT2D eigenvalue weighted by Gasteiger charge is -2.23. The lowest BCUT2D eigenvalue weighted by molar-refractivity contribution is -0.175. The SMILES string of the molecule is CNC(C)(CCOCC(F)(F)F)C(=O)O. The molecule has 90 valence electrons. The van der Waals surface area contributed by atoms with E-state index >= 15 is 0 Å². The largest absolute Gasteiger partial charge is 0.480 e. The molecule has 0 saturated heterocycles. The molecule has 0 saturated carbocycles. The number of aliphatic carboxylic acids is 1. The molecule has 1 unspecified atom stereocenters. The van der Waals surface area contributed by atoms with Crippen LogP contribution >= 0.6 is 0 Å². The van der Waals surface area contributed by atoms with Crippen LogP contribution in [0.15, 0.2) is 0 Å². The zero-order valence-electron chi connectivity index (χ0n) is 8.52. The van der Waals surface area contributed by atoms with E-state index in [1.54, 1.807) is 0 Å². The van der Waals surface area contributed by atoms with Crippen LogP contribution in [-0.4, -0.2) is 43.1 Å². The van der Waals surface area contributed by atoms with Gasteiger partial charge in [0.15, 0.2) is 0 Å². The first-order valence-corrected chi connectivity index (χ1v) is 4.28. The predicted molar refractivity (Wildman–Crippen MR) is 46.6 cm³/mol. The number of halogens is 3. The van der Waals surface area contributed by atoms with Gasteiger partial charge in [0.1, 0.15) is 12.1 Å². The number of carbonyl (C=O) groups is 1. The minimum absolute atomic E-state index is 0.0328. The fourth-order valence-corrected chi connectivity index (χ4v) is 0.803. The van der Waals surface area contributed by atoms with E-state index in [1.165, 1.54) is 14.0 Å². The molecule has 0 amide bonds. The van der Waals surface area contributed by atoms with Crippen molar-refractivity contribution in [2.75, 3.05) is 20.3 Å². The van der Waals surface area contributed by atoms with Gasteiger partial charge in [-0.2, -0.15) is 13.2 Å². The summed E-state index contributed by atoms with van der Waals surface area (Å²) >= 11 is 0. The van der Waals surface area contributed by atoms with Crippen molar-refractivity contribution in [3.05, 3.63) is 0 Å². The maximum atomic E-state index is 11.7. The molecule has 7 heteroatoms. The maximum Gasteiger partial charge on any atom is 0.411 e. The van der Waals surface area contributed by atoms with Crippen LogP contribution in [0, 0.1) is 0 Å². The van der Waals surface area contributed by atoms with Crippen molar-refractivity contribution in [2.45, 2.75) is 25.1 Å². The van der Waals surface area contributed by atoms with Crippen LogP contribution in [0.4, 0.5) is 13.2 Å². The molecule has 0 aliphatic rings. The monoisotopic (exact) mass is 229 g/mol. The summed E-state index contributed by atoms with van der Waals surface area (Å²) in [5, 5.41) is 11.3. The Labute approximate surface area is 85.4 Å². The van der Waals surface area contributed by atoms with E-state index in [-0.39, 0.29) is 13.0 Å². The van der Waals surface area contributed by atoms with Crippen molar-refractivity contribution in [3.63, 3.8) is 0 Å². The van der Waals surface area contributed by atoms with Crippen LogP contribution in [0.5, 0.6) is 0 Å². The second-order valence-electron chi connectivity index (χ2n) is 3.31. The van der Waals surface area contributed by atoms with Crippen LogP contribution in [0.25, 0.3) is 0 Å². The van der Waals surface area contributed by atoms with Gasteiger partial charge in [-0.1, -0.05) is 0 Å². The Kier molecular flexibility index (Phi) is 5.02. The van der Waals surface area contributed by atoms with E-state index in [0.29, 0.717) is 0 Å². The van der Waals surface area contributed by atoms with Crippen molar-refractivity contribution < 1.29 is 27.8 Å². The molecule has 0 aliphatic carbocycles. The van der Waals surface area contributed by atoms with Crippen molar-refractivity contribution in [3.8, 4) is 0 Å². The molecule has 0 fully saturated rings. The number of ether oxygens (including phenoxy) is 1. The third-order valence-electron chi connectivity index (χ3n) is 2.04. The summed E-state index contributed by atoms with van der Waals surface area (Å²) in [6, 6.07) is 0. The molecule has 0 aromatic rings. The molecular weight excluding hydrogens is 215 g/mol. The molecule has 0 heterocycles. The van der Waals surface area contributed by atoms with Gasteiger partial charge < -0.3 is 15.2 Å². The van der Waals surface area contributed by atoms with Gasteiger partial charge in [-0.15, -0.1) is 0 Å². The van der Waals surface area contributed by atoms with Gasteiger partial charge in [0.2, 0.25) is 0 Å². The summed E-state index contributed by atoms with van der Waals surface area (Å²) in [7, 11) is 1.43. The molecule has 0 rings (SSSR count). The average Bonchev–Trinajstić information content (AvgIpc) is 2.10. The molecular formula is C8H14F3NO3. The average molecular weight is 229 g/mol. The normalized spacial score (nSPS) is 16.1. The van der Waals surface area contributed by atoms with Crippen LogP contribution in [0.3, 0.4) is 0 Å². The van der Waals surface area contributed by atoms with Crippen molar-refractivity contribution >= 4 is 5.97 Å². The lowest BCUT2D eigenvalue weighted by Crippen LogP contribution is -2.48. The topological polar surface area (TPSA) is 58.6 Å². The van der Waals surface area contributed by atoms with Gasteiger partial charge in [0.25, 0.3) is 0 Å². The van der Waals surface area contributed by atoms with E-state index in [1.807, 2.05) is 0 Å². The highest BCUT2D eigenvalue weighted by atomic mass is 19.4. The number of likely N-dealkylation sites (N-methyl/N-ethyl adjacent to an activating group) is 1. The third-order valence-corrected chi connectivity index (χ3v) is 2.04. The molecule has 0 aromatic heterocycles. The van der Waals surface area contributed by atoms with E-state index in [0.717, 1.165) is 0 Å². The summed E-state index contributed by atoms with van der Waals surface area (Å²) < 4.78 is 39.3.